The van der Waals surface area contributed by atoms with Gasteiger partial charge >= 0.3 is 0 Å². The van der Waals surface area contributed by atoms with Gasteiger partial charge in [0.1, 0.15) is 11.8 Å². The Morgan fingerprint density at radius 1 is 0.957 bits per heavy atom. The van der Waals surface area contributed by atoms with E-state index in [0.29, 0.717) is 31.7 Å². The first-order valence-electron chi connectivity index (χ1n) is 16.8. The van der Waals surface area contributed by atoms with Gasteiger partial charge in [-0.05, 0) is 88.6 Å². The summed E-state index contributed by atoms with van der Waals surface area (Å²) in [5.74, 6) is -0.983. The zero-order chi connectivity index (χ0) is 33.7. The van der Waals surface area contributed by atoms with Crippen molar-refractivity contribution in [2.45, 2.75) is 56.1 Å². The molecule has 0 aromatic heterocycles. The van der Waals surface area contributed by atoms with Crippen LogP contribution in [0.5, 0.6) is 5.75 Å². The molecule has 47 heavy (non-hydrogen) atoms. The first-order chi connectivity index (χ1) is 22.8. The SMILES string of the molecule is C=CCN(C(=O)C1N(CCCO)C(=O)[C@@H]2[C@H](C(=O)N(CC=C)c3ccc(OCC)cc3)[C@@H]3CCC12S3)c1ccc(N(CC)CC)cc1. The van der Waals surface area contributed by atoms with Crippen LogP contribution in [0.15, 0.2) is 73.8 Å². The number of nitrogens with zero attached hydrogens (tertiary/aromatic N) is 4. The number of aliphatic hydroxyl groups is 1. The van der Waals surface area contributed by atoms with Crippen molar-refractivity contribution in [3.05, 3.63) is 73.8 Å². The zero-order valence-electron chi connectivity index (χ0n) is 27.8. The maximum absolute atomic E-state index is 14.8. The standard InChI is InChI=1S/C37H48N4O5S/c1-6-22-39(28-16-18-29(19-17-28)46-10-5)34(43)31-30-20-21-37(47-30)32(31)35(44)41(24-11-25-42)33(37)36(45)40(23-7-2)27-14-12-26(13-15-27)38(8-3)9-4/h6-7,12-19,30-33,42H,1-2,8-11,20-25H2,3-5H3/t30-,31+,32-,33?,37?/m0/s1. The van der Waals surface area contributed by atoms with Crippen molar-refractivity contribution in [3.63, 3.8) is 0 Å². The van der Waals surface area contributed by atoms with Gasteiger partial charge in [-0.1, -0.05) is 12.2 Å². The molecule has 252 valence electrons. The molecular weight excluding hydrogens is 612 g/mol. The molecule has 0 aliphatic carbocycles. The molecule has 0 saturated carbocycles. The Morgan fingerprint density at radius 3 is 2.09 bits per heavy atom. The van der Waals surface area contributed by atoms with E-state index in [1.807, 2.05) is 55.5 Å². The molecule has 3 heterocycles. The fourth-order valence-electron chi connectivity index (χ4n) is 7.75. The molecule has 2 aromatic rings. The molecule has 10 heteroatoms. The predicted molar refractivity (Wildman–Crippen MR) is 190 cm³/mol. The van der Waals surface area contributed by atoms with Gasteiger partial charge < -0.3 is 29.4 Å². The van der Waals surface area contributed by atoms with E-state index in [1.54, 1.807) is 38.6 Å². The van der Waals surface area contributed by atoms with Crippen molar-refractivity contribution in [2.75, 3.05) is 60.6 Å². The van der Waals surface area contributed by atoms with Gasteiger partial charge in [0.15, 0.2) is 0 Å². The highest BCUT2D eigenvalue weighted by Crippen LogP contribution is 2.66. The molecule has 5 rings (SSSR count). The second-order valence-electron chi connectivity index (χ2n) is 12.3. The van der Waals surface area contributed by atoms with Gasteiger partial charge in [-0.2, -0.15) is 0 Å². The molecule has 3 amide bonds. The van der Waals surface area contributed by atoms with Crippen LogP contribution < -0.4 is 19.4 Å². The van der Waals surface area contributed by atoms with Crippen LogP contribution in [0.4, 0.5) is 17.1 Å². The fraction of sp³-hybridized carbons (Fsp3) is 0.486. The minimum absolute atomic E-state index is 0.0806. The molecular formula is C37H48N4O5S. The molecule has 3 aliphatic heterocycles. The van der Waals surface area contributed by atoms with Gasteiger partial charge in [0.05, 0.1) is 23.2 Å². The number of fused-ring (bicyclic) bond motifs is 1. The monoisotopic (exact) mass is 660 g/mol. The quantitative estimate of drug-likeness (QED) is 0.249. The molecule has 9 nitrogen and oxygen atoms in total. The second-order valence-corrected chi connectivity index (χ2v) is 13.9. The maximum Gasteiger partial charge on any atom is 0.251 e. The van der Waals surface area contributed by atoms with Crippen LogP contribution in [0, 0.1) is 11.8 Å². The topological polar surface area (TPSA) is 93.6 Å². The molecule has 0 radical (unpaired) electrons. The van der Waals surface area contributed by atoms with Crippen LogP contribution in [-0.2, 0) is 14.4 Å². The Labute approximate surface area is 283 Å². The summed E-state index contributed by atoms with van der Waals surface area (Å²) in [6, 6.07) is 14.6. The van der Waals surface area contributed by atoms with E-state index in [2.05, 4.69) is 31.9 Å². The number of anilines is 3. The first-order valence-corrected chi connectivity index (χ1v) is 17.7. The van der Waals surface area contributed by atoms with E-state index in [4.69, 9.17) is 4.74 Å². The number of carbonyl (C=O) groups is 3. The molecule has 3 saturated heterocycles. The number of aliphatic hydroxyl groups excluding tert-OH is 1. The lowest BCUT2D eigenvalue weighted by Crippen LogP contribution is -2.55. The number of hydrogen-bond donors (Lipinski definition) is 1. The lowest BCUT2D eigenvalue weighted by atomic mass is 9.70. The number of rotatable bonds is 16. The van der Waals surface area contributed by atoms with Crippen LogP contribution in [-0.4, -0.2) is 89.7 Å². The largest absolute Gasteiger partial charge is 0.494 e. The molecule has 3 aliphatic rings. The van der Waals surface area contributed by atoms with Crippen LogP contribution in [0.25, 0.3) is 0 Å². The summed E-state index contributed by atoms with van der Waals surface area (Å²) in [5, 5.41) is 9.69. The van der Waals surface area contributed by atoms with Crippen LogP contribution in [0.1, 0.15) is 40.0 Å². The normalized spacial score (nSPS) is 24.2. The van der Waals surface area contributed by atoms with Crippen molar-refractivity contribution < 1.29 is 24.2 Å². The van der Waals surface area contributed by atoms with Crippen LogP contribution >= 0.6 is 11.8 Å². The number of benzene rings is 2. The number of ether oxygens (including phenoxy) is 1. The molecule has 2 unspecified atom stereocenters. The third-order valence-electron chi connectivity index (χ3n) is 9.78. The Kier molecular flexibility index (Phi) is 11.0. The van der Waals surface area contributed by atoms with E-state index in [0.717, 1.165) is 36.6 Å². The Balaban J connectivity index is 1.50. The van der Waals surface area contributed by atoms with Crippen molar-refractivity contribution in [1.82, 2.24) is 4.90 Å². The lowest BCUT2D eigenvalue weighted by molar-refractivity contribution is -0.139. The summed E-state index contributed by atoms with van der Waals surface area (Å²) >= 11 is 1.65. The number of hydrogen-bond acceptors (Lipinski definition) is 7. The van der Waals surface area contributed by atoms with Gasteiger partial charge in [-0.3, -0.25) is 14.4 Å². The summed E-state index contributed by atoms with van der Waals surface area (Å²) in [5.41, 5.74) is 2.52. The summed E-state index contributed by atoms with van der Waals surface area (Å²) in [6.07, 6.45) is 5.16. The van der Waals surface area contributed by atoms with Crippen LogP contribution in [0.3, 0.4) is 0 Å². The van der Waals surface area contributed by atoms with Crippen LogP contribution in [0.2, 0.25) is 0 Å². The van der Waals surface area contributed by atoms with E-state index < -0.39 is 22.6 Å². The summed E-state index contributed by atoms with van der Waals surface area (Å²) in [7, 11) is 0. The van der Waals surface area contributed by atoms with Crippen molar-refractivity contribution in [2.24, 2.45) is 11.8 Å². The number of likely N-dealkylation sites (tertiary alicyclic amines) is 1. The maximum atomic E-state index is 14.8. The summed E-state index contributed by atoms with van der Waals surface area (Å²) < 4.78 is 4.86. The lowest BCUT2D eigenvalue weighted by Gasteiger charge is -2.37. The Bertz CT molecular complexity index is 1450. The van der Waals surface area contributed by atoms with Crippen molar-refractivity contribution >= 4 is 46.5 Å². The molecule has 5 atom stereocenters. The third-order valence-corrected chi connectivity index (χ3v) is 11.7. The van der Waals surface area contributed by atoms with Gasteiger partial charge in [-0.15, -0.1) is 24.9 Å². The molecule has 2 bridgehead atoms. The fourth-order valence-corrected chi connectivity index (χ4v) is 9.95. The molecule has 1 N–H and O–H groups in total. The molecule has 1 spiro atoms. The van der Waals surface area contributed by atoms with E-state index in [9.17, 15) is 19.5 Å². The third kappa shape index (κ3) is 6.29. The first kappa shape index (κ1) is 34.6. The van der Waals surface area contributed by atoms with Gasteiger partial charge in [0.2, 0.25) is 11.8 Å². The van der Waals surface area contributed by atoms with Gasteiger partial charge in [-0.25, -0.2) is 0 Å². The average Bonchev–Trinajstić information content (AvgIpc) is 3.73. The highest BCUT2D eigenvalue weighted by atomic mass is 32.2. The highest BCUT2D eigenvalue weighted by molar-refractivity contribution is 8.02. The van der Waals surface area contributed by atoms with E-state index in [1.165, 1.54) is 0 Å². The summed E-state index contributed by atoms with van der Waals surface area (Å²) in [6.45, 7) is 17.0. The van der Waals surface area contributed by atoms with E-state index >= 15 is 0 Å². The number of amides is 3. The summed E-state index contributed by atoms with van der Waals surface area (Å²) in [4.78, 5) is 51.1. The number of carbonyl (C=O) groups excluding carboxylic acids is 3. The second kappa shape index (κ2) is 15.0. The highest BCUT2D eigenvalue weighted by Gasteiger charge is 2.74. The Morgan fingerprint density at radius 2 is 1.53 bits per heavy atom. The zero-order valence-corrected chi connectivity index (χ0v) is 28.7. The minimum Gasteiger partial charge on any atom is -0.494 e. The number of thioether (sulfide) groups is 1. The van der Waals surface area contributed by atoms with Gasteiger partial charge in [0.25, 0.3) is 5.91 Å². The molecule has 2 aromatic carbocycles. The molecule has 3 fully saturated rings. The smallest absolute Gasteiger partial charge is 0.251 e. The Hall–Kier alpha value is -3.76. The predicted octanol–water partition coefficient (Wildman–Crippen LogP) is 5.14. The van der Waals surface area contributed by atoms with E-state index in [-0.39, 0.29) is 42.7 Å². The van der Waals surface area contributed by atoms with Crippen molar-refractivity contribution in [1.29, 1.82) is 0 Å². The van der Waals surface area contributed by atoms with Crippen molar-refractivity contribution in [3.8, 4) is 5.75 Å². The minimum atomic E-state index is -0.764. The average molecular weight is 661 g/mol. The van der Waals surface area contributed by atoms with Gasteiger partial charge in [0, 0.05) is 61.6 Å².